The van der Waals surface area contributed by atoms with Crippen molar-refractivity contribution in [2.45, 2.75) is 0 Å². The molecule has 0 aliphatic carbocycles. The van der Waals surface area contributed by atoms with E-state index in [1.807, 2.05) is 0 Å². The highest BCUT2D eigenvalue weighted by atomic mass is 35.5. The second-order valence-electron chi connectivity index (χ2n) is 2.46. The monoisotopic (exact) mass is 232 g/mol. The molecule has 3 nitrogen and oxygen atoms in total. The van der Waals surface area contributed by atoms with Crippen molar-refractivity contribution >= 4 is 34.4 Å². The molecule has 14 heavy (non-hydrogen) atoms. The van der Waals surface area contributed by atoms with E-state index in [9.17, 15) is 9.59 Å². The van der Waals surface area contributed by atoms with Crippen LogP contribution in [0.25, 0.3) is 0 Å². The predicted octanol–water partition coefficient (Wildman–Crippen LogP) is 2.51. The van der Waals surface area contributed by atoms with Crippen LogP contribution in [0, 0.1) is 0 Å². The Labute approximate surface area is 90.6 Å². The van der Waals surface area contributed by atoms with Crippen molar-refractivity contribution in [3.05, 3.63) is 34.3 Å². The molecule has 0 spiro atoms. The quantitative estimate of drug-likeness (QED) is 0.582. The van der Waals surface area contributed by atoms with Gasteiger partial charge >= 0.3 is 5.97 Å². The molecule has 74 valence electrons. The summed E-state index contributed by atoms with van der Waals surface area (Å²) in [6, 6.07) is 4.20. The van der Waals surface area contributed by atoms with Crippen molar-refractivity contribution in [2.75, 3.05) is 7.11 Å². The summed E-state index contributed by atoms with van der Waals surface area (Å²) >= 11 is 10.9. The fraction of sp³-hybridized carbons (Fsp3) is 0.111. The van der Waals surface area contributed by atoms with Crippen LogP contribution < -0.4 is 0 Å². The molecule has 1 aromatic rings. The average Bonchev–Trinajstić information content (AvgIpc) is 2.16. The summed E-state index contributed by atoms with van der Waals surface area (Å²) in [7, 11) is 1.22. The van der Waals surface area contributed by atoms with Crippen LogP contribution in [-0.2, 0) is 4.74 Å². The Balaban J connectivity index is 3.28. The first-order valence-electron chi connectivity index (χ1n) is 3.64. The third-order valence-corrected chi connectivity index (χ3v) is 2.04. The second-order valence-corrected chi connectivity index (χ2v) is 3.23. The molecule has 0 atom stereocenters. The molecule has 1 rings (SSSR count). The van der Waals surface area contributed by atoms with E-state index in [4.69, 9.17) is 23.2 Å². The number of carbonyl (C=O) groups is 2. The normalized spacial score (nSPS) is 9.64. The molecule has 0 aliphatic rings. The van der Waals surface area contributed by atoms with E-state index < -0.39 is 11.2 Å². The zero-order valence-corrected chi connectivity index (χ0v) is 8.72. The summed E-state index contributed by atoms with van der Waals surface area (Å²) in [6.45, 7) is 0. The zero-order valence-electron chi connectivity index (χ0n) is 7.21. The van der Waals surface area contributed by atoms with Crippen LogP contribution in [0.1, 0.15) is 20.7 Å². The molecular weight excluding hydrogens is 227 g/mol. The maximum Gasteiger partial charge on any atom is 0.338 e. The standard InChI is InChI=1S/C9H6Cl2O3/c1-14-9(13)6-3-2-5(10)4-7(6)8(11)12/h2-4H,1H3. The Bertz CT molecular complexity index is 388. The number of ether oxygens (including phenoxy) is 1. The highest BCUT2D eigenvalue weighted by molar-refractivity contribution is 6.68. The fourth-order valence-electron chi connectivity index (χ4n) is 0.967. The van der Waals surface area contributed by atoms with Gasteiger partial charge in [-0.15, -0.1) is 0 Å². The molecule has 0 saturated carbocycles. The summed E-state index contributed by atoms with van der Waals surface area (Å²) in [6.07, 6.45) is 0. The van der Waals surface area contributed by atoms with Gasteiger partial charge in [-0.3, -0.25) is 4.79 Å². The van der Waals surface area contributed by atoms with Crippen molar-refractivity contribution in [1.82, 2.24) is 0 Å². The maximum absolute atomic E-state index is 11.2. The van der Waals surface area contributed by atoms with Gasteiger partial charge in [0.25, 0.3) is 5.24 Å². The molecule has 1 aromatic carbocycles. The lowest BCUT2D eigenvalue weighted by Gasteiger charge is -2.03. The van der Waals surface area contributed by atoms with Crippen LogP contribution in [-0.4, -0.2) is 18.3 Å². The van der Waals surface area contributed by atoms with Crippen molar-refractivity contribution in [2.24, 2.45) is 0 Å². The highest BCUT2D eigenvalue weighted by Gasteiger charge is 2.16. The van der Waals surface area contributed by atoms with Crippen molar-refractivity contribution in [1.29, 1.82) is 0 Å². The first-order chi connectivity index (χ1) is 6.56. The Morgan fingerprint density at radius 3 is 2.43 bits per heavy atom. The summed E-state index contributed by atoms with van der Waals surface area (Å²) < 4.78 is 4.47. The number of hydrogen-bond donors (Lipinski definition) is 0. The molecule has 0 bridgehead atoms. The van der Waals surface area contributed by atoms with Gasteiger partial charge in [-0.05, 0) is 29.8 Å². The van der Waals surface area contributed by atoms with Crippen molar-refractivity contribution in [3.8, 4) is 0 Å². The predicted molar refractivity (Wildman–Crippen MR) is 53.0 cm³/mol. The van der Waals surface area contributed by atoms with Crippen LogP contribution in [0.2, 0.25) is 5.02 Å². The molecular formula is C9H6Cl2O3. The van der Waals surface area contributed by atoms with Crippen molar-refractivity contribution in [3.63, 3.8) is 0 Å². The molecule has 0 aromatic heterocycles. The summed E-state index contributed by atoms with van der Waals surface area (Å²) in [5, 5.41) is -0.408. The van der Waals surface area contributed by atoms with E-state index in [2.05, 4.69) is 4.74 Å². The second kappa shape index (κ2) is 4.44. The number of rotatable bonds is 2. The van der Waals surface area contributed by atoms with E-state index in [1.54, 1.807) is 0 Å². The van der Waals surface area contributed by atoms with Gasteiger partial charge in [-0.25, -0.2) is 4.79 Å². The van der Waals surface area contributed by atoms with Gasteiger partial charge in [0, 0.05) is 5.02 Å². The van der Waals surface area contributed by atoms with E-state index in [-0.39, 0.29) is 11.1 Å². The summed E-state index contributed by atoms with van der Waals surface area (Å²) in [5.41, 5.74) is 0.155. The molecule has 0 aliphatic heterocycles. The number of esters is 1. The van der Waals surface area contributed by atoms with Gasteiger partial charge < -0.3 is 4.74 Å². The number of benzene rings is 1. The first kappa shape index (κ1) is 11.0. The Morgan fingerprint density at radius 2 is 1.93 bits per heavy atom. The van der Waals surface area contributed by atoms with Gasteiger partial charge in [0.2, 0.25) is 0 Å². The van der Waals surface area contributed by atoms with Gasteiger partial charge in [0.1, 0.15) is 0 Å². The summed E-state index contributed by atoms with van der Waals surface area (Å²) in [5.74, 6) is -0.620. The van der Waals surface area contributed by atoms with E-state index >= 15 is 0 Å². The van der Waals surface area contributed by atoms with Gasteiger partial charge in [0.15, 0.2) is 0 Å². The molecule has 5 heteroatoms. The molecule has 0 radical (unpaired) electrons. The van der Waals surface area contributed by atoms with E-state index in [0.717, 1.165) is 0 Å². The topological polar surface area (TPSA) is 43.4 Å². The molecule has 0 saturated heterocycles. The maximum atomic E-state index is 11.2. The molecule has 0 fully saturated rings. The Kier molecular flexibility index (Phi) is 3.49. The highest BCUT2D eigenvalue weighted by Crippen LogP contribution is 2.18. The van der Waals surface area contributed by atoms with Crippen molar-refractivity contribution < 1.29 is 14.3 Å². The lowest BCUT2D eigenvalue weighted by Crippen LogP contribution is -2.07. The SMILES string of the molecule is COC(=O)c1ccc(Cl)cc1C(=O)Cl. The largest absolute Gasteiger partial charge is 0.465 e. The summed E-state index contributed by atoms with van der Waals surface area (Å²) in [4.78, 5) is 22.1. The third-order valence-electron chi connectivity index (χ3n) is 1.60. The van der Waals surface area contributed by atoms with Crippen LogP contribution in [0.15, 0.2) is 18.2 Å². The van der Waals surface area contributed by atoms with E-state index in [0.29, 0.717) is 5.02 Å². The lowest BCUT2D eigenvalue weighted by molar-refractivity contribution is 0.0598. The first-order valence-corrected chi connectivity index (χ1v) is 4.39. The fourth-order valence-corrected chi connectivity index (χ4v) is 1.30. The van der Waals surface area contributed by atoms with Gasteiger partial charge in [0.05, 0.1) is 18.2 Å². The number of hydrogen-bond acceptors (Lipinski definition) is 3. The minimum absolute atomic E-state index is 0.0472. The number of carbonyl (C=O) groups excluding carboxylic acids is 2. The minimum atomic E-state index is -0.743. The minimum Gasteiger partial charge on any atom is -0.465 e. The van der Waals surface area contributed by atoms with Crippen LogP contribution >= 0.6 is 23.2 Å². The Hall–Kier alpha value is -1.06. The zero-order chi connectivity index (χ0) is 10.7. The molecule has 0 amide bonds. The van der Waals surface area contributed by atoms with Gasteiger partial charge in [-0.1, -0.05) is 11.6 Å². The van der Waals surface area contributed by atoms with Crippen LogP contribution in [0.3, 0.4) is 0 Å². The van der Waals surface area contributed by atoms with E-state index in [1.165, 1.54) is 25.3 Å². The molecule has 0 heterocycles. The average molecular weight is 233 g/mol. The molecule has 0 unspecified atom stereocenters. The smallest absolute Gasteiger partial charge is 0.338 e. The third kappa shape index (κ3) is 2.25. The number of halogens is 2. The Morgan fingerprint density at radius 1 is 1.29 bits per heavy atom. The van der Waals surface area contributed by atoms with Crippen LogP contribution in [0.5, 0.6) is 0 Å². The van der Waals surface area contributed by atoms with Gasteiger partial charge in [-0.2, -0.15) is 0 Å². The lowest BCUT2D eigenvalue weighted by atomic mass is 10.1. The molecule has 0 N–H and O–H groups in total. The number of methoxy groups -OCH3 is 1. The van der Waals surface area contributed by atoms with Crippen LogP contribution in [0.4, 0.5) is 0 Å².